The number of aryl methyl sites for hydroxylation is 1. The van der Waals surface area contributed by atoms with Crippen molar-refractivity contribution >= 4 is 29.9 Å². The van der Waals surface area contributed by atoms with E-state index in [1.165, 1.54) is 6.42 Å². The summed E-state index contributed by atoms with van der Waals surface area (Å²) in [5.74, 6) is 0.0867. The number of nitrogens with one attached hydrogen (secondary N) is 1. The molecule has 1 atom stereocenters. The highest BCUT2D eigenvalue weighted by molar-refractivity contribution is 6.31. The molecule has 0 saturated carbocycles. The van der Waals surface area contributed by atoms with E-state index in [1.807, 2.05) is 11.9 Å². The molecule has 0 aromatic carbocycles. The number of hydrogen-bond acceptors (Lipinski definition) is 3. The van der Waals surface area contributed by atoms with Gasteiger partial charge in [0.15, 0.2) is 0 Å². The maximum absolute atomic E-state index is 12.5. The summed E-state index contributed by atoms with van der Waals surface area (Å²) in [6.07, 6.45) is 3.00. The van der Waals surface area contributed by atoms with E-state index in [0.717, 1.165) is 39.3 Å². The molecule has 3 rings (SSSR count). The summed E-state index contributed by atoms with van der Waals surface area (Å²) in [4.78, 5) is 16.9. The molecule has 3 heterocycles. The Hall–Kier alpha value is -0.750. The summed E-state index contributed by atoms with van der Waals surface area (Å²) < 4.78 is 1.80. The molecule has 7 heteroatoms. The predicted molar refractivity (Wildman–Crippen MR) is 86.4 cm³/mol. The van der Waals surface area contributed by atoms with Crippen molar-refractivity contribution < 1.29 is 4.79 Å². The highest BCUT2D eigenvalue weighted by atomic mass is 35.5. The van der Waals surface area contributed by atoms with Gasteiger partial charge in [-0.3, -0.25) is 9.69 Å². The quantitative estimate of drug-likeness (QED) is 0.885. The van der Waals surface area contributed by atoms with E-state index in [0.29, 0.717) is 16.8 Å². The fourth-order valence-electron chi connectivity index (χ4n) is 3.14. The fraction of sp³-hybridized carbons (Fsp3) is 0.643. The van der Waals surface area contributed by atoms with Crippen LogP contribution in [0.4, 0.5) is 0 Å². The SMILES string of the molecule is Cl.Cn1cc(Cl)cc1C(=O)N1CCN(C2CCNC2)CC1. The second kappa shape index (κ2) is 7.01. The summed E-state index contributed by atoms with van der Waals surface area (Å²) in [6.45, 7) is 5.75. The van der Waals surface area contributed by atoms with E-state index >= 15 is 0 Å². The Kier molecular flexibility index (Phi) is 5.54. The van der Waals surface area contributed by atoms with Gasteiger partial charge in [0, 0.05) is 52.0 Å². The molecule has 0 radical (unpaired) electrons. The Morgan fingerprint density at radius 2 is 2.05 bits per heavy atom. The minimum Gasteiger partial charge on any atom is -0.345 e. The van der Waals surface area contributed by atoms with Crippen molar-refractivity contribution in [2.45, 2.75) is 12.5 Å². The molecule has 2 saturated heterocycles. The second-order valence-electron chi connectivity index (χ2n) is 5.63. The van der Waals surface area contributed by atoms with Crippen molar-refractivity contribution in [2.24, 2.45) is 7.05 Å². The number of halogens is 2. The van der Waals surface area contributed by atoms with Gasteiger partial charge in [0.1, 0.15) is 5.69 Å². The van der Waals surface area contributed by atoms with Crippen molar-refractivity contribution in [3.05, 3.63) is 23.0 Å². The molecule has 0 bridgehead atoms. The molecule has 21 heavy (non-hydrogen) atoms. The number of carbonyl (C=O) groups is 1. The van der Waals surface area contributed by atoms with Crippen molar-refractivity contribution in [3.8, 4) is 0 Å². The van der Waals surface area contributed by atoms with Gasteiger partial charge in [0.25, 0.3) is 5.91 Å². The lowest BCUT2D eigenvalue weighted by Gasteiger charge is -2.37. The van der Waals surface area contributed by atoms with E-state index in [9.17, 15) is 4.79 Å². The Bertz CT molecular complexity index is 491. The number of aromatic nitrogens is 1. The van der Waals surface area contributed by atoms with Crippen LogP contribution in [0.15, 0.2) is 12.3 Å². The Morgan fingerprint density at radius 3 is 2.57 bits per heavy atom. The van der Waals surface area contributed by atoms with E-state index in [4.69, 9.17) is 11.6 Å². The van der Waals surface area contributed by atoms with E-state index < -0.39 is 0 Å². The Morgan fingerprint density at radius 1 is 1.33 bits per heavy atom. The lowest BCUT2D eigenvalue weighted by atomic mass is 10.2. The van der Waals surface area contributed by atoms with Gasteiger partial charge in [-0.15, -0.1) is 12.4 Å². The maximum Gasteiger partial charge on any atom is 0.270 e. The van der Waals surface area contributed by atoms with Crippen LogP contribution in [0.25, 0.3) is 0 Å². The third-order valence-corrected chi connectivity index (χ3v) is 4.55. The molecule has 1 amide bonds. The molecular weight excluding hydrogens is 311 g/mol. The molecule has 1 N–H and O–H groups in total. The molecule has 2 fully saturated rings. The number of rotatable bonds is 2. The second-order valence-corrected chi connectivity index (χ2v) is 6.07. The van der Waals surface area contributed by atoms with Crippen LogP contribution in [0.2, 0.25) is 5.02 Å². The lowest BCUT2D eigenvalue weighted by molar-refractivity contribution is 0.0575. The zero-order valence-corrected chi connectivity index (χ0v) is 13.8. The van der Waals surface area contributed by atoms with Gasteiger partial charge >= 0.3 is 0 Å². The minimum atomic E-state index is 0. The van der Waals surface area contributed by atoms with Crippen LogP contribution >= 0.6 is 24.0 Å². The summed E-state index contributed by atoms with van der Waals surface area (Å²) in [6, 6.07) is 2.40. The normalized spacial score (nSPS) is 23.1. The van der Waals surface area contributed by atoms with E-state index in [1.54, 1.807) is 16.8 Å². The van der Waals surface area contributed by atoms with Crippen LogP contribution < -0.4 is 5.32 Å². The van der Waals surface area contributed by atoms with Gasteiger partial charge < -0.3 is 14.8 Å². The van der Waals surface area contributed by atoms with Gasteiger partial charge in [-0.1, -0.05) is 11.6 Å². The topological polar surface area (TPSA) is 40.5 Å². The molecule has 118 valence electrons. The smallest absolute Gasteiger partial charge is 0.270 e. The Labute approximate surface area is 136 Å². The third-order valence-electron chi connectivity index (χ3n) is 4.34. The lowest BCUT2D eigenvalue weighted by Crippen LogP contribution is -2.52. The number of hydrogen-bond donors (Lipinski definition) is 1. The van der Waals surface area contributed by atoms with Crippen LogP contribution in [0.5, 0.6) is 0 Å². The standard InChI is InChI=1S/C14H21ClN4O.ClH/c1-17-10-11(15)8-13(17)14(20)19-6-4-18(5-7-19)12-2-3-16-9-12;/h8,10,12,16H,2-7,9H2,1H3;1H. The number of carbonyl (C=O) groups excluding carboxylic acids is 1. The van der Waals surface area contributed by atoms with Crippen LogP contribution in [-0.4, -0.2) is 65.6 Å². The summed E-state index contributed by atoms with van der Waals surface area (Å²) in [7, 11) is 1.86. The molecule has 1 aromatic rings. The first-order chi connectivity index (χ1) is 9.65. The first kappa shape index (κ1) is 16.6. The summed E-state index contributed by atoms with van der Waals surface area (Å²) >= 11 is 5.95. The average Bonchev–Trinajstić information content (AvgIpc) is 3.08. The summed E-state index contributed by atoms with van der Waals surface area (Å²) in [5.41, 5.74) is 0.672. The minimum absolute atomic E-state index is 0. The van der Waals surface area contributed by atoms with Crippen molar-refractivity contribution in [2.75, 3.05) is 39.3 Å². The molecule has 1 unspecified atom stereocenters. The molecular formula is C14H22Cl2N4O. The van der Waals surface area contributed by atoms with Crippen LogP contribution in [0.3, 0.4) is 0 Å². The number of nitrogens with zero attached hydrogens (tertiary/aromatic N) is 3. The van der Waals surface area contributed by atoms with Gasteiger partial charge in [-0.2, -0.15) is 0 Å². The van der Waals surface area contributed by atoms with Crippen molar-refractivity contribution in [3.63, 3.8) is 0 Å². The van der Waals surface area contributed by atoms with Gasteiger partial charge in [0.2, 0.25) is 0 Å². The monoisotopic (exact) mass is 332 g/mol. The van der Waals surface area contributed by atoms with Gasteiger partial charge in [-0.05, 0) is 19.0 Å². The van der Waals surface area contributed by atoms with Gasteiger partial charge in [0.05, 0.1) is 5.02 Å². The van der Waals surface area contributed by atoms with Gasteiger partial charge in [-0.25, -0.2) is 0 Å². The molecule has 5 nitrogen and oxygen atoms in total. The van der Waals surface area contributed by atoms with Crippen molar-refractivity contribution in [1.82, 2.24) is 19.7 Å². The zero-order chi connectivity index (χ0) is 14.1. The first-order valence-corrected chi connectivity index (χ1v) is 7.59. The van der Waals surface area contributed by atoms with E-state index in [-0.39, 0.29) is 18.3 Å². The number of piperazine rings is 1. The maximum atomic E-state index is 12.5. The number of amides is 1. The molecule has 2 aliphatic rings. The Balaban J connectivity index is 0.00000161. The third kappa shape index (κ3) is 3.54. The van der Waals surface area contributed by atoms with Crippen molar-refractivity contribution in [1.29, 1.82) is 0 Å². The van der Waals surface area contributed by atoms with E-state index in [2.05, 4.69) is 10.2 Å². The highest BCUT2D eigenvalue weighted by Crippen LogP contribution is 2.17. The van der Waals surface area contributed by atoms with Crippen LogP contribution in [0, 0.1) is 0 Å². The van der Waals surface area contributed by atoms with Crippen LogP contribution in [0.1, 0.15) is 16.9 Å². The largest absolute Gasteiger partial charge is 0.345 e. The molecule has 1 aromatic heterocycles. The fourth-order valence-corrected chi connectivity index (χ4v) is 3.39. The first-order valence-electron chi connectivity index (χ1n) is 7.21. The molecule has 2 aliphatic heterocycles. The predicted octanol–water partition coefficient (Wildman–Crippen LogP) is 1.22. The highest BCUT2D eigenvalue weighted by Gasteiger charge is 2.28. The average molecular weight is 333 g/mol. The molecule has 0 spiro atoms. The summed E-state index contributed by atoms with van der Waals surface area (Å²) in [5, 5.41) is 4.02. The van der Waals surface area contributed by atoms with Crippen LogP contribution in [-0.2, 0) is 7.05 Å². The molecule has 0 aliphatic carbocycles. The zero-order valence-electron chi connectivity index (χ0n) is 12.2.